The van der Waals surface area contributed by atoms with Gasteiger partial charge in [0.25, 0.3) is 5.91 Å². The second kappa shape index (κ2) is 8.02. The lowest BCUT2D eigenvalue weighted by Crippen LogP contribution is -2.15. The summed E-state index contributed by atoms with van der Waals surface area (Å²) in [6, 6.07) is 7.43. The summed E-state index contributed by atoms with van der Waals surface area (Å²) in [6.45, 7) is 6.65. The summed E-state index contributed by atoms with van der Waals surface area (Å²) in [6.07, 6.45) is 3.27. The van der Waals surface area contributed by atoms with Gasteiger partial charge in [-0.05, 0) is 6.07 Å². The van der Waals surface area contributed by atoms with Crippen LogP contribution in [-0.4, -0.2) is 34.9 Å². The van der Waals surface area contributed by atoms with Crippen LogP contribution in [0.3, 0.4) is 0 Å². The number of ether oxygens (including phenoxy) is 2. The maximum atomic E-state index is 12.7. The van der Waals surface area contributed by atoms with Crippen LogP contribution in [0.4, 0.5) is 5.82 Å². The van der Waals surface area contributed by atoms with Crippen molar-refractivity contribution in [2.24, 2.45) is 0 Å². The number of thiazole rings is 1. The van der Waals surface area contributed by atoms with Crippen LogP contribution >= 0.6 is 11.3 Å². The van der Waals surface area contributed by atoms with Gasteiger partial charge < -0.3 is 14.8 Å². The third kappa shape index (κ3) is 4.17. The number of methoxy groups -OCH3 is 2. The number of amides is 1. The topological polar surface area (TPSA) is 78.3 Å². The molecule has 0 aliphatic rings. The van der Waals surface area contributed by atoms with Crippen LogP contribution in [-0.2, 0) is 12.0 Å². The minimum Gasteiger partial charge on any atom is -0.493 e. The van der Waals surface area contributed by atoms with E-state index in [9.17, 15) is 4.79 Å². The van der Waals surface area contributed by atoms with Gasteiger partial charge in [-0.3, -0.25) is 4.79 Å². The number of anilines is 1. The van der Waals surface area contributed by atoms with Crippen LogP contribution in [0.2, 0.25) is 0 Å². The highest BCUT2D eigenvalue weighted by molar-refractivity contribution is 7.13. The molecule has 1 amide bonds. The molecule has 0 aliphatic heterocycles. The molecule has 0 aliphatic carbocycles. The van der Waals surface area contributed by atoms with Crippen LogP contribution in [0.15, 0.2) is 36.7 Å². The van der Waals surface area contributed by atoms with E-state index in [1.54, 1.807) is 37.4 Å². The summed E-state index contributed by atoms with van der Waals surface area (Å²) in [5.74, 6) is 1.69. The number of para-hydroxylation sites is 1. The third-order valence-electron chi connectivity index (χ3n) is 4.13. The fraction of sp³-hybridized carbons (Fsp3) is 0.350. The molecular weight excluding hydrogens is 376 g/mol. The SMILES string of the molecule is COc1cccc(Cn2nccc2NC(=O)c2cnc(C(C)(C)C)s2)c1OC. The maximum Gasteiger partial charge on any atom is 0.268 e. The molecule has 0 atom stereocenters. The van der Waals surface area contributed by atoms with E-state index in [-0.39, 0.29) is 11.3 Å². The summed E-state index contributed by atoms with van der Waals surface area (Å²) < 4.78 is 12.5. The van der Waals surface area contributed by atoms with Crippen LogP contribution in [0.1, 0.15) is 41.0 Å². The number of benzene rings is 1. The van der Waals surface area contributed by atoms with Crippen molar-refractivity contribution in [1.82, 2.24) is 14.8 Å². The van der Waals surface area contributed by atoms with Crippen molar-refractivity contribution in [2.45, 2.75) is 32.7 Å². The van der Waals surface area contributed by atoms with Gasteiger partial charge in [0, 0.05) is 17.0 Å². The van der Waals surface area contributed by atoms with Gasteiger partial charge in [-0.25, -0.2) is 9.67 Å². The average molecular weight is 401 g/mol. The zero-order valence-corrected chi connectivity index (χ0v) is 17.5. The van der Waals surface area contributed by atoms with E-state index < -0.39 is 0 Å². The Hall–Kier alpha value is -2.87. The molecule has 0 spiro atoms. The van der Waals surface area contributed by atoms with E-state index in [0.717, 1.165) is 10.6 Å². The Morgan fingerprint density at radius 2 is 2.00 bits per heavy atom. The van der Waals surface area contributed by atoms with Crippen LogP contribution in [0.5, 0.6) is 11.5 Å². The normalized spacial score (nSPS) is 11.3. The van der Waals surface area contributed by atoms with E-state index in [2.05, 4.69) is 36.2 Å². The second-order valence-electron chi connectivity index (χ2n) is 7.26. The molecular formula is C20H24N4O3S. The molecule has 3 aromatic rings. The molecule has 0 saturated heterocycles. The molecule has 0 fully saturated rings. The van der Waals surface area contributed by atoms with Crippen molar-refractivity contribution in [3.05, 3.63) is 52.1 Å². The average Bonchev–Trinajstić information content (AvgIpc) is 3.31. The predicted octanol–water partition coefficient (Wildman–Crippen LogP) is 3.95. The Kier molecular flexibility index (Phi) is 5.69. The van der Waals surface area contributed by atoms with E-state index in [1.807, 2.05) is 18.2 Å². The molecule has 2 heterocycles. The van der Waals surface area contributed by atoms with Gasteiger partial charge in [-0.2, -0.15) is 5.10 Å². The lowest BCUT2D eigenvalue weighted by Gasteiger charge is -2.14. The van der Waals surface area contributed by atoms with E-state index in [1.165, 1.54) is 11.3 Å². The first-order chi connectivity index (χ1) is 13.3. The highest BCUT2D eigenvalue weighted by atomic mass is 32.1. The number of hydrogen-bond donors (Lipinski definition) is 1. The molecule has 148 valence electrons. The zero-order chi connectivity index (χ0) is 20.3. The summed E-state index contributed by atoms with van der Waals surface area (Å²) in [5.41, 5.74) is 0.808. The van der Waals surface area contributed by atoms with Crippen LogP contribution in [0, 0.1) is 0 Å². The van der Waals surface area contributed by atoms with Gasteiger partial charge in [-0.1, -0.05) is 32.9 Å². The number of nitrogens with one attached hydrogen (secondary N) is 1. The van der Waals surface area contributed by atoms with Gasteiger partial charge in [0.2, 0.25) is 0 Å². The Morgan fingerprint density at radius 3 is 2.64 bits per heavy atom. The molecule has 0 bridgehead atoms. The molecule has 1 aromatic carbocycles. The first kappa shape index (κ1) is 19.9. The van der Waals surface area contributed by atoms with E-state index in [0.29, 0.717) is 28.7 Å². The van der Waals surface area contributed by atoms with Gasteiger partial charge in [0.15, 0.2) is 11.5 Å². The van der Waals surface area contributed by atoms with Gasteiger partial charge >= 0.3 is 0 Å². The molecule has 8 heteroatoms. The number of rotatable bonds is 6. The monoisotopic (exact) mass is 400 g/mol. The van der Waals surface area contributed by atoms with Crippen molar-refractivity contribution < 1.29 is 14.3 Å². The predicted molar refractivity (Wildman–Crippen MR) is 110 cm³/mol. The summed E-state index contributed by atoms with van der Waals surface area (Å²) in [7, 11) is 3.20. The van der Waals surface area contributed by atoms with Gasteiger partial charge in [0.05, 0.1) is 38.2 Å². The zero-order valence-electron chi connectivity index (χ0n) is 16.6. The Balaban J connectivity index is 1.80. The minimum absolute atomic E-state index is 0.0894. The smallest absolute Gasteiger partial charge is 0.268 e. The number of carbonyl (C=O) groups excluding carboxylic acids is 1. The standard InChI is InChI=1S/C20H24N4O3S/c1-20(2,3)19-21-11-15(28-19)18(25)23-16-9-10-22-24(16)12-13-7-6-8-14(26-4)17(13)27-5/h6-11H,12H2,1-5H3,(H,23,25). The molecule has 0 saturated carbocycles. The van der Waals surface area contributed by atoms with Gasteiger partial charge in [-0.15, -0.1) is 11.3 Å². The largest absolute Gasteiger partial charge is 0.493 e. The molecule has 1 N–H and O–H groups in total. The van der Waals surface area contributed by atoms with Crippen molar-refractivity contribution in [3.63, 3.8) is 0 Å². The lowest BCUT2D eigenvalue weighted by molar-refractivity contribution is 0.102. The quantitative estimate of drug-likeness (QED) is 0.678. The lowest BCUT2D eigenvalue weighted by atomic mass is 9.98. The van der Waals surface area contributed by atoms with Crippen molar-refractivity contribution in [1.29, 1.82) is 0 Å². The summed E-state index contributed by atoms with van der Waals surface area (Å²) in [5, 5.41) is 8.17. The van der Waals surface area contributed by atoms with Crippen LogP contribution in [0.25, 0.3) is 0 Å². The van der Waals surface area contributed by atoms with Crippen molar-refractivity contribution >= 4 is 23.1 Å². The number of aromatic nitrogens is 3. The van der Waals surface area contributed by atoms with Crippen LogP contribution < -0.4 is 14.8 Å². The molecule has 0 radical (unpaired) electrons. The van der Waals surface area contributed by atoms with E-state index in [4.69, 9.17) is 9.47 Å². The molecule has 3 rings (SSSR count). The first-order valence-electron chi connectivity index (χ1n) is 8.83. The maximum absolute atomic E-state index is 12.7. The minimum atomic E-state index is -0.202. The number of hydrogen-bond acceptors (Lipinski definition) is 6. The highest BCUT2D eigenvalue weighted by Crippen LogP contribution is 2.32. The highest BCUT2D eigenvalue weighted by Gasteiger charge is 2.21. The molecule has 28 heavy (non-hydrogen) atoms. The molecule has 0 unspecified atom stereocenters. The third-order valence-corrected chi connectivity index (χ3v) is 5.56. The van der Waals surface area contributed by atoms with E-state index >= 15 is 0 Å². The molecule has 7 nitrogen and oxygen atoms in total. The van der Waals surface area contributed by atoms with Crippen molar-refractivity contribution in [2.75, 3.05) is 19.5 Å². The second-order valence-corrected chi connectivity index (χ2v) is 8.29. The Labute approximate surface area is 168 Å². The number of nitrogens with zero attached hydrogens (tertiary/aromatic N) is 3. The molecule has 2 aromatic heterocycles. The van der Waals surface area contributed by atoms with Crippen molar-refractivity contribution in [3.8, 4) is 11.5 Å². The summed E-state index contributed by atoms with van der Waals surface area (Å²) >= 11 is 1.40. The Morgan fingerprint density at radius 1 is 1.21 bits per heavy atom. The fourth-order valence-electron chi connectivity index (χ4n) is 2.71. The van der Waals surface area contributed by atoms with Gasteiger partial charge in [0.1, 0.15) is 10.7 Å². The number of carbonyl (C=O) groups is 1. The Bertz CT molecular complexity index is 972. The first-order valence-corrected chi connectivity index (χ1v) is 9.64. The fourth-order valence-corrected chi connectivity index (χ4v) is 3.58. The summed E-state index contributed by atoms with van der Waals surface area (Å²) in [4.78, 5) is 17.6.